The standard InChI is InChI=1S/C18H19F2NO2S/c19-15-2-1-3-16(20)14(15)10-12-4-7-21(8-5-12)11-13-6-9-24-17(13)18(22)23/h1-3,6,9,12H,4-5,7-8,10-11H2,(H,22,23). The molecule has 1 N–H and O–H groups in total. The summed E-state index contributed by atoms with van der Waals surface area (Å²) in [5, 5.41) is 11.0. The van der Waals surface area contributed by atoms with Crippen molar-refractivity contribution in [3.63, 3.8) is 0 Å². The molecule has 1 saturated heterocycles. The Morgan fingerprint density at radius 2 is 1.88 bits per heavy atom. The quantitative estimate of drug-likeness (QED) is 0.878. The Bertz CT molecular complexity index is 703. The first-order chi connectivity index (χ1) is 11.5. The first-order valence-corrected chi connectivity index (χ1v) is 8.87. The van der Waals surface area contributed by atoms with Crippen LogP contribution in [-0.2, 0) is 13.0 Å². The smallest absolute Gasteiger partial charge is 0.346 e. The monoisotopic (exact) mass is 351 g/mol. The van der Waals surface area contributed by atoms with Crippen LogP contribution in [0, 0.1) is 17.6 Å². The Morgan fingerprint density at radius 3 is 2.50 bits per heavy atom. The van der Waals surface area contributed by atoms with Crippen molar-refractivity contribution in [1.82, 2.24) is 4.90 Å². The molecule has 128 valence electrons. The van der Waals surface area contributed by atoms with Crippen LogP contribution >= 0.6 is 11.3 Å². The zero-order valence-electron chi connectivity index (χ0n) is 13.2. The lowest BCUT2D eigenvalue weighted by molar-refractivity contribution is 0.0699. The van der Waals surface area contributed by atoms with Gasteiger partial charge in [-0.2, -0.15) is 0 Å². The number of carboxylic acids is 1. The highest BCUT2D eigenvalue weighted by atomic mass is 32.1. The molecule has 0 amide bonds. The summed E-state index contributed by atoms with van der Waals surface area (Å²) in [4.78, 5) is 13.8. The van der Waals surface area contributed by atoms with E-state index >= 15 is 0 Å². The summed E-state index contributed by atoms with van der Waals surface area (Å²) in [6.07, 6.45) is 2.14. The summed E-state index contributed by atoms with van der Waals surface area (Å²) in [6.45, 7) is 2.25. The van der Waals surface area contributed by atoms with Gasteiger partial charge < -0.3 is 5.11 Å². The largest absolute Gasteiger partial charge is 0.477 e. The molecule has 1 aliphatic heterocycles. The fourth-order valence-electron chi connectivity index (χ4n) is 3.25. The first kappa shape index (κ1) is 17.0. The van der Waals surface area contributed by atoms with Gasteiger partial charge in [-0.1, -0.05) is 6.07 Å². The number of thiophene rings is 1. The normalized spacial score (nSPS) is 16.4. The van der Waals surface area contributed by atoms with Crippen molar-refractivity contribution < 1.29 is 18.7 Å². The second kappa shape index (κ2) is 7.40. The molecule has 6 heteroatoms. The van der Waals surface area contributed by atoms with E-state index in [9.17, 15) is 13.6 Å². The number of nitrogens with zero attached hydrogens (tertiary/aromatic N) is 1. The third kappa shape index (κ3) is 3.82. The van der Waals surface area contributed by atoms with Crippen molar-refractivity contribution in [1.29, 1.82) is 0 Å². The number of carbonyl (C=O) groups is 1. The molecule has 1 fully saturated rings. The highest BCUT2D eigenvalue weighted by molar-refractivity contribution is 7.12. The maximum atomic E-state index is 13.7. The lowest BCUT2D eigenvalue weighted by Gasteiger charge is -2.32. The van der Waals surface area contributed by atoms with Crippen molar-refractivity contribution >= 4 is 17.3 Å². The highest BCUT2D eigenvalue weighted by Crippen LogP contribution is 2.26. The lowest BCUT2D eigenvalue weighted by Crippen LogP contribution is -2.34. The number of hydrogen-bond donors (Lipinski definition) is 1. The van der Waals surface area contributed by atoms with E-state index in [4.69, 9.17) is 5.11 Å². The molecule has 2 aromatic rings. The molecule has 0 saturated carbocycles. The number of rotatable bonds is 5. The van der Waals surface area contributed by atoms with Gasteiger partial charge in [0.2, 0.25) is 0 Å². The number of hydrogen-bond acceptors (Lipinski definition) is 3. The predicted octanol–water partition coefficient (Wildman–Crippen LogP) is 4.18. The second-order valence-electron chi connectivity index (χ2n) is 6.20. The number of piperidine rings is 1. The molecule has 1 aromatic heterocycles. The SMILES string of the molecule is O=C(O)c1sccc1CN1CCC(Cc2c(F)cccc2F)CC1. The van der Waals surface area contributed by atoms with Crippen molar-refractivity contribution in [2.45, 2.75) is 25.8 Å². The molecule has 0 unspecified atom stereocenters. The molecule has 0 bridgehead atoms. The van der Waals surface area contributed by atoms with E-state index in [2.05, 4.69) is 4.90 Å². The van der Waals surface area contributed by atoms with E-state index < -0.39 is 17.6 Å². The number of carboxylic acid groups (broad SMARTS) is 1. The van der Waals surface area contributed by atoms with Crippen LogP contribution in [0.3, 0.4) is 0 Å². The predicted molar refractivity (Wildman–Crippen MR) is 89.3 cm³/mol. The van der Waals surface area contributed by atoms with Gasteiger partial charge in [-0.3, -0.25) is 4.90 Å². The fraction of sp³-hybridized carbons (Fsp3) is 0.389. The van der Waals surface area contributed by atoms with Gasteiger partial charge in [0, 0.05) is 12.1 Å². The third-order valence-corrected chi connectivity index (χ3v) is 5.54. The van der Waals surface area contributed by atoms with Gasteiger partial charge in [0.25, 0.3) is 0 Å². The number of benzene rings is 1. The Kier molecular flexibility index (Phi) is 5.26. The maximum absolute atomic E-state index is 13.7. The minimum atomic E-state index is -0.884. The van der Waals surface area contributed by atoms with Crippen LogP contribution < -0.4 is 0 Å². The van der Waals surface area contributed by atoms with Crippen LogP contribution in [0.5, 0.6) is 0 Å². The molecule has 0 aliphatic carbocycles. The number of likely N-dealkylation sites (tertiary alicyclic amines) is 1. The zero-order chi connectivity index (χ0) is 17.1. The highest BCUT2D eigenvalue weighted by Gasteiger charge is 2.23. The fourth-order valence-corrected chi connectivity index (χ4v) is 4.01. The Balaban J connectivity index is 1.56. The molecule has 1 aliphatic rings. The zero-order valence-corrected chi connectivity index (χ0v) is 14.0. The summed E-state index contributed by atoms with van der Waals surface area (Å²) >= 11 is 1.24. The molecule has 2 heterocycles. The van der Waals surface area contributed by atoms with Crippen molar-refractivity contribution in [2.24, 2.45) is 5.92 Å². The molecule has 1 aromatic carbocycles. The van der Waals surface area contributed by atoms with Gasteiger partial charge in [0.05, 0.1) is 0 Å². The van der Waals surface area contributed by atoms with Crippen molar-refractivity contribution in [2.75, 3.05) is 13.1 Å². The molecule has 3 nitrogen and oxygen atoms in total. The number of halogens is 2. The van der Waals surface area contributed by atoms with E-state index in [0.717, 1.165) is 31.5 Å². The van der Waals surface area contributed by atoms with Crippen molar-refractivity contribution in [3.8, 4) is 0 Å². The van der Waals surface area contributed by atoms with Crippen LogP contribution in [0.4, 0.5) is 8.78 Å². The minimum absolute atomic E-state index is 0.182. The summed E-state index contributed by atoms with van der Waals surface area (Å²) in [5.41, 5.74) is 1.02. The number of aromatic carboxylic acids is 1. The minimum Gasteiger partial charge on any atom is -0.477 e. The first-order valence-electron chi connectivity index (χ1n) is 7.99. The Hall–Kier alpha value is -1.79. The topological polar surface area (TPSA) is 40.5 Å². The maximum Gasteiger partial charge on any atom is 0.346 e. The summed E-state index contributed by atoms with van der Waals surface area (Å²) in [5.74, 6) is -1.57. The molecule has 0 atom stereocenters. The molecule has 24 heavy (non-hydrogen) atoms. The van der Waals surface area contributed by atoms with Crippen LogP contribution in [0.1, 0.15) is 33.6 Å². The van der Waals surface area contributed by atoms with Gasteiger partial charge in [-0.15, -0.1) is 11.3 Å². The van der Waals surface area contributed by atoms with Crippen molar-refractivity contribution in [3.05, 3.63) is 57.3 Å². The summed E-state index contributed by atoms with van der Waals surface area (Å²) in [7, 11) is 0. The molecular formula is C18H19F2NO2S. The molecule has 0 radical (unpaired) electrons. The molecule has 3 rings (SSSR count). The van der Waals surface area contributed by atoms with Crippen LogP contribution in [0.2, 0.25) is 0 Å². The summed E-state index contributed by atoms with van der Waals surface area (Å²) in [6, 6.07) is 5.85. The van der Waals surface area contributed by atoms with Gasteiger partial charge in [0.15, 0.2) is 0 Å². The Labute approximate surface area is 143 Å². The van der Waals surface area contributed by atoms with E-state index in [1.807, 2.05) is 6.07 Å². The second-order valence-corrected chi connectivity index (χ2v) is 7.12. The third-order valence-electron chi connectivity index (χ3n) is 4.60. The van der Waals surface area contributed by atoms with E-state index in [1.165, 1.54) is 29.5 Å². The van der Waals surface area contributed by atoms with E-state index in [1.54, 1.807) is 5.38 Å². The molecular weight excluding hydrogens is 332 g/mol. The van der Waals surface area contributed by atoms with Crippen LogP contribution in [0.15, 0.2) is 29.6 Å². The van der Waals surface area contributed by atoms with Gasteiger partial charge in [-0.05, 0) is 67.4 Å². The van der Waals surface area contributed by atoms with E-state index in [0.29, 0.717) is 17.8 Å². The van der Waals surface area contributed by atoms with Crippen LogP contribution in [-0.4, -0.2) is 29.1 Å². The average molecular weight is 351 g/mol. The summed E-state index contributed by atoms with van der Waals surface area (Å²) < 4.78 is 27.5. The van der Waals surface area contributed by atoms with Gasteiger partial charge in [-0.25, -0.2) is 13.6 Å². The van der Waals surface area contributed by atoms with Gasteiger partial charge in [0.1, 0.15) is 16.5 Å². The average Bonchev–Trinajstić information content (AvgIpc) is 3.01. The lowest BCUT2D eigenvalue weighted by atomic mass is 9.89. The molecule has 0 spiro atoms. The van der Waals surface area contributed by atoms with E-state index in [-0.39, 0.29) is 11.5 Å². The van der Waals surface area contributed by atoms with Crippen LogP contribution in [0.25, 0.3) is 0 Å². The van der Waals surface area contributed by atoms with Gasteiger partial charge >= 0.3 is 5.97 Å². The Morgan fingerprint density at radius 1 is 1.21 bits per heavy atom.